The van der Waals surface area contributed by atoms with Crippen molar-refractivity contribution in [1.82, 2.24) is 0 Å². The van der Waals surface area contributed by atoms with Gasteiger partial charge in [-0.15, -0.1) is 0 Å². The quantitative estimate of drug-likeness (QED) is 0.585. The standard InChI is InChI=1S/C13H17Br2Cl/c1-9(2)5-10(8-14)6-11-3-4-12(15)7-13(11)16/h3-4,7,9-10H,5-6,8H2,1-2H3. The van der Waals surface area contributed by atoms with Crippen molar-refractivity contribution in [3.63, 3.8) is 0 Å². The van der Waals surface area contributed by atoms with Crippen LogP contribution in [0.4, 0.5) is 0 Å². The molecule has 3 heteroatoms. The largest absolute Gasteiger partial charge is 0.0925 e. The Hall–Kier alpha value is 0.470. The molecular weight excluding hydrogens is 351 g/mol. The molecule has 1 unspecified atom stereocenters. The van der Waals surface area contributed by atoms with Gasteiger partial charge < -0.3 is 0 Å². The van der Waals surface area contributed by atoms with Crippen LogP contribution in [0.15, 0.2) is 22.7 Å². The lowest BCUT2D eigenvalue weighted by molar-refractivity contribution is 0.445. The third kappa shape index (κ3) is 4.77. The fourth-order valence-electron chi connectivity index (χ4n) is 1.87. The second-order valence-corrected chi connectivity index (χ2v) is 6.56. The SMILES string of the molecule is CC(C)CC(CBr)Cc1ccc(Br)cc1Cl. The van der Waals surface area contributed by atoms with Crippen LogP contribution in [0.25, 0.3) is 0 Å². The van der Waals surface area contributed by atoms with Gasteiger partial charge >= 0.3 is 0 Å². The first kappa shape index (κ1) is 14.5. The van der Waals surface area contributed by atoms with Gasteiger partial charge in [-0.3, -0.25) is 0 Å². The lowest BCUT2D eigenvalue weighted by Crippen LogP contribution is -2.09. The minimum absolute atomic E-state index is 0.665. The Bertz CT molecular complexity index is 337. The van der Waals surface area contributed by atoms with Crippen molar-refractivity contribution in [1.29, 1.82) is 0 Å². The van der Waals surface area contributed by atoms with E-state index in [1.165, 1.54) is 12.0 Å². The number of hydrogen-bond acceptors (Lipinski definition) is 0. The zero-order valence-electron chi connectivity index (χ0n) is 9.64. The first-order valence-corrected chi connectivity index (χ1v) is 7.82. The van der Waals surface area contributed by atoms with E-state index in [1.54, 1.807) is 0 Å². The zero-order valence-corrected chi connectivity index (χ0v) is 13.6. The first-order chi connectivity index (χ1) is 7.52. The molecule has 1 atom stereocenters. The van der Waals surface area contributed by atoms with E-state index in [1.807, 2.05) is 6.07 Å². The first-order valence-electron chi connectivity index (χ1n) is 5.52. The highest BCUT2D eigenvalue weighted by atomic mass is 79.9. The highest BCUT2D eigenvalue weighted by molar-refractivity contribution is 9.10. The van der Waals surface area contributed by atoms with Crippen LogP contribution >= 0.6 is 43.5 Å². The molecule has 90 valence electrons. The van der Waals surface area contributed by atoms with E-state index in [9.17, 15) is 0 Å². The molecule has 0 bridgehead atoms. The summed E-state index contributed by atoms with van der Waals surface area (Å²) in [6, 6.07) is 6.14. The van der Waals surface area contributed by atoms with Crippen LogP contribution in [-0.4, -0.2) is 5.33 Å². The van der Waals surface area contributed by atoms with Crippen LogP contribution < -0.4 is 0 Å². The molecule has 1 aromatic rings. The van der Waals surface area contributed by atoms with Crippen LogP contribution in [0.2, 0.25) is 5.02 Å². The summed E-state index contributed by atoms with van der Waals surface area (Å²) >= 11 is 13.2. The monoisotopic (exact) mass is 366 g/mol. The number of rotatable bonds is 5. The lowest BCUT2D eigenvalue weighted by Gasteiger charge is -2.17. The topological polar surface area (TPSA) is 0 Å². The second kappa shape index (κ2) is 7.03. The summed E-state index contributed by atoms with van der Waals surface area (Å²) in [6.45, 7) is 4.53. The van der Waals surface area contributed by atoms with Gasteiger partial charge in [0.25, 0.3) is 0 Å². The normalized spacial score (nSPS) is 13.1. The average molecular weight is 369 g/mol. The molecule has 0 fully saturated rings. The van der Waals surface area contributed by atoms with E-state index in [0.717, 1.165) is 27.2 Å². The molecule has 16 heavy (non-hydrogen) atoms. The van der Waals surface area contributed by atoms with Crippen molar-refractivity contribution in [2.24, 2.45) is 11.8 Å². The molecule has 1 aromatic carbocycles. The molecule has 0 aromatic heterocycles. The third-order valence-corrected chi connectivity index (χ3v) is 4.31. The van der Waals surface area contributed by atoms with Gasteiger partial charge in [-0.05, 0) is 42.4 Å². The highest BCUT2D eigenvalue weighted by Gasteiger charge is 2.12. The zero-order chi connectivity index (χ0) is 12.1. The van der Waals surface area contributed by atoms with Gasteiger partial charge in [-0.25, -0.2) is 0 Å². The van der Waals surface area contributed by atoms with Crippen LogP contribution in [-0.2, 0) is 6.42 Å². The molecular formula is C13H17Br2Cl. The molecule has 1 rings (SSSR count). The van der Waals surface area contributed by atoms with Gasteiger partial charge in [0.1, 0.15) is 0 Å². The summed E-state index contributed by atoms with van der Waals surface area (Å²) in [5.74, 6) is 1.40. The Balaban J connectivity index is 2.70. The summed E-state index contributed by atoms with van der Waals surface area (Å²) < 4.78 is 1.04. The van der Waals surface area contributed by atoms with E-state index in [0.29, 0.717) is 5.92 Å². The van der Waals surface area contributed by atoms with Crippen LogP contribution in [0.5, 0.6) is 0 Å². The van der Waals surface area contributed by atoms with E-state index in [2.05, 4.69) is 57.8 Å². The number of halogens is 3. The fourth-order valence-corrected chi connectivity index (χ4v) is 3.11. The van der Waals surface area contributed by atoms with E-state index in [4.69, 9.17) is 11.6 Å². The molecule has 0 N–H and O–H groups in total. The maximum absolute atomic E-state index is 6.22. The summed E-state index contributed by atoms with van der Waals surface area (Å²) in [5.41, 5.74) is 1.25. The predicted octanol–water partition coefficient (Wildman–Crippen LogP) is 5.70. The Kier molecular flexibility index (Phi) is 6.38. The average Bonchev–Trinajstić information content (AvgIpc) is 2.20. The van der Waals surface area contributed by atoms with Crippen molar-refractivity contribution < 1.29 is 0 Å². The molecule has 0 nitrogen and oxygen atoms in total. The summed E-state index contributed by atoms with van der Waals surface area (Å²) in [4.78, 5) is 0. The second-order valence-electron chi connectivity index (χ2n) is 4.59. The van der Waals surface area contributed by atoms with Gasteiger partial charge in [0.05, 0.1) is 0 Å². The maximum Gasteiger partial charge on any atom is 0.0449 e. The van der Waals surface area contributed by atoms with Crippen LogP contribution in [0.1, 0.15) is 25.8 Å². The Morgan fingerprint density at radius 1 is 1.31 bits per heavy atom. The van der Waals surface area contributed by atoms with Crippen LogP contribution in [0.3, 0.4) is 0 Å². The number of alkyl halides is 1. The van der Waals surface area contributed by atoms with Crippen molar-refractivity contribution in [2.45, 2.75) is 26.7 Å². The minimum Gasteiger partial charge on any atom is -0.0925 e. The van der Waals surface area contributed by atoms with Gasteiger partial charge in [0.2, 0.25) is 0 Å². The molecule has 0 amide bonds. The highest BCUT2D eigenvalue weighted by Crippen LogP contribution is 2.26. The van der Waals surface area contributed by atoms with Crippen molar-refractivity contribution >= 4 is 43.5 Å². The summed E-state index contributed by atoms with van der Waals surface area (Å²) in [6.07, 6.45) is 2.28. The molecule has 0 aliphatic rings. The molecule has 0 radical (unpaired) electrons. The predicted molar refractivity (Wildman–Crippen MR) is 79.6 cm³/mol. The molecule has 0 saturated carbocycles. The van der Waals surface area contributed by atoms with Crippen molar-refractivity contribution in [3.05, 3.63) is 33.3 Å². The van der Waals surface area contributed by atoms with E-state index >= 15 is 0 Å². The van der Waals surface area contributed by atoms with Gasteiger partial charge in [-0.2, -0.15) is 0 Å². The molecule has 0 aliphatic heterocycles. The molecule has 0 heterocycles. The molecule has 0 spiro atoms. The number of benzene rings is 1. The van der Waals surface area contributed by atoms with Gasteiger partial charge in [0.15, 0.2) is 0 Å². The smallest absolute Gasteiger partial charge is 0.0449 e. The Morgan fingerprint density at radius 3 is 2.50 bits per heavy atom. The van der Waals surface area contributed by atoms with Gasteiger partial charge in [-0.1, -0.05) is 63.4 Å². The minimum atomic E-state index is 0.665. The summed E-state index contributed by atoms with van der Waals surface area (Å²) in [5, 5.41) is 1.90. The fraction of sp³-hybridized carbons (Fsp3) is 0.538. The van der Waals surface area contributed by atoms with E-state index in [-0.39, 0.29) is 0 Å². The van der Waals surface area contributed by atoms with Crippen molar-refractivity contribution in [3.8, 4) is 0 Å². The summed E-state index contributed by atoms with van der Waals surface area (Å²) in [7, 11) is 0. The lowest BCUT2D eigenvalue weighted by atomic mass is 9.92. The molecule has 0 saturated heterocycles. The third-order valence-electron chi connectivity index (χ3n) is 2.55. The number of hydrogen-bond donors (Lipinski definition) is 0. The van der Waals surface area contributed by atoms with Gasteiger partial charge in [0, 0.05) is 14.8 Å². The molecule has 0 aliphatic carbocycles. The van der Waals surface area contributed by atoms with E-state index < -0.39 is 0 Å². The Labute approximate surface area is 120 Å². The van der Waals surface area contributed by atoms with Crippen molar-refractivity contribution in [2.75, 3.05) is 5.33 Å². The van der Waals surface area contributed by atoms with Crippen LogP contribution in [0, 0.1) is 11.8 Å². The maximum atomic E-state index is 6.22. The Morgan fingerprint density at radius 2 is 2.00 bits per heavy atom.